The van der Waals surface area contributed by atoms with E-state index in [4.69, 9.17) is 4.74 Å². The van der Waals surface area contributed by atoms with Crippen molar-refractivity contribution in [2.75, 3.05) is 13.1 Å². The van der Waals surface area contributed by atoms with Crippen molar-refractivity contribution >= 4 is 5.97 Å². The molecule has 0 radical (unpaired) electrons. The Balaban J connectivity index is 1.83. The molecule has 1 aliphatic heterocycles. The number of hydrogen-bond donors (Lipinski definition) is 1. The van der Waals surface area contributed by atoms with E-state index in [-0.39, 0.29) is 5.97 Å². The second-order valence-electron chi connectivity index (χ2n) is 6.78. The normalized spacial score (nSPS) is 16.8. The molecule has 0 atom stereocenters. The van der Waals surface area contributed by atoms with Gasteiger partial charge in [-0.15, -0.1) is 0 Å². The number of hydrogen-bond acceptors (Lipinski definition) is 3. The Hall–Kier alpha value is -2.13. The third-order valence-corrected chi connectivity index (χ3v) is 4.81. The molecule has 1 aliphatic rings. The van der Waals surface area contributed by atoms with Gasteiger partial charge in [0.1, 0.15) is 5.60 Å². The second-order valence-corrected chi connectivity index (χ2v) is 6.78. The number of carbonyl (C=O) groups excluding carboxylic acids is 1. The average Bonchev–Trinajstić information content (AvgIpc) is 2.63. The molecular weight excluding hydrogens is 298 g/mol. The number of carbonyl (C=O) groups is 1. The summed E-state index contributed by atoms with van der Waals surface area (Å²) in [5, 5.41) is 3.35. The van der Waals surface area contributed by atoms with Gasteiger partial charge in [-0.1, -0.05) is 56.3 Å². The molecule has 0 saturated carbocycles. The number of benzene rings is 2. The molecular formula is C21H25NO2. The summed E-state index contributed by atoms with van der Waals surface area (Å²) in [6.07, 6.45) is 1.60. The first-order valence-electron chi connectivity index (χ1n) is 8.70. The van der Waals surface area contributed by atoms with Crippen LogP contribution in [0.2, 0.25) is 0 Å². The van der Waals surface area contributed by atoms with Gasteiger partial charge in [-0.3, -0.25) is 0 Å². The highest BCUT2D eigenvalue weighted by molar-refractivity contribution is 5.89. The van der Waals surface area contributed by atoms with Crippen molar-refractivity contribution in [3.63, 3.8) is 0 Å². The molecule has 1 N–H and O–H groups in total. The van der Waals surface area contributed by atoms with Gasteiger partial charge in [-0.2, -0.15) is 0 Å². The van der Waals surface area contributed by atoms with E-state index in [9.17, 15) is 4.79 Å². The Labute approximate surface area is 144 Å². The summed E-state index contributed by atoms with van der Waals surface area (Å²) in [6, 6.07) is 17.9. The summed E-state index contributed by atoms with van der Waals surface area (Å²) in [5.41, 5.74) is 2.40. The van der Waals surface area contributed by atoms with E-state index in [1.807, 2.05) is 42.5 Å². The van der Waals surface area contributed by atoms with E-state index < -0.39 is 5.60 Å². The lowest BCUT2D eigenvalue weighted by Gasteiger charge is -2.37. The van der Waals surface area contributed by atoms with Crippen LogP contribution in [0.3, 0.4) is 0 Å². The number of ether oxygens (including phenoxy) is 1. The van der Waals surface area contributed by atoms with E-state index in [2.05, 4.69) is 31.3 Å². The van der Waals surface area contributed by atoms with Crippen molar-refractivity contribution in [3.8, 4) is 0 Å². The summed E-state index contributed by atoms with van der Waals surface area (Å²) < 4.78 is 6.07. The van der Waals surface area contributed by atoms with E-state index >= 15 is 0 Å². The molecule has 0 unspecified atom stereocenters. The average molecular weight is 323 g/mol. The van der Waals surface area contributed by atoms with Crippen LogP contribution in [0.25, 0.3) is 0 Å². The number of rotatable bonds is 4. The Morgan fingerprint density at radius 2 is 1.62 bits per heavy atom. The smallest absolute Gasteiger partial charge is 0.339 e. The van der Waals surface area contributed by atoms with E-state index in [0.717, 1.165) is 31.5 Å². The molecule has 3 heteroatoms. The molecule has 0 aromatic heterocycles. The van der Waals surface area contributed by atoms with Crippen LogP contribution >= 0.6 is 0 Å². The minimum absolute atomic E-state index is 0.240. The van der Waals surface area contributed by atoms with Crippen LogP contribution < -0.4 is 5.32 Å². The summed E-state index contributed by atoms with van der Waals surface area (Å²) in [5.74, 6) is 0.214. The lowest BCUT2D eigenvalue weighted by atomic mass is 9.84. The molecule has 1 heterocycles. The molecule has 0 amide bonds. The van der Waals surface area contributed by atoms with Crippen molar-refractivity contribution < 1.29 is 9.53 Å². The summed E-state index contributed by atoms with van der Waals surface area (Å²) in [6.45, 7) is 6.00. The summed E-state index contributed by atoms with van der Waals surface area (Å²) >= 11 is 0. The highest BCUT2D eigenvalue weighted by Crippen LogP contribution is 2.35. The van der Waals surface area contributed by atoms with Crippen LogP contribution in [0.5, 0.6) is 0 Å². The number of piperidine rings is 1. The van der Waals surface area contributed by atoms with Crippen molar-refractivity contribution in [1.29, 1.82) is 0 Å². The second kappa shape index (κ2) is 7.18. The third kappa shape index (κ3) is 3.51. The van der Waals surface area contributed by atoms with Crippen molar-refractivity contribution in [2.24, 2.45) is 0 Å². The number of nitrogens with one attached hydrogen (secondary N) is 1. The maximum Gasteiger partial charge on any atom is 0.339 e. The zero-order chi connectivity index (χ0) is 17.0. The van der Waals surface area contributed by atoms with E-state index in [1.54, 1.807) is 0 Å². The fourth-order valence-electron chi connectivity index (χ4n) is 3.26. The van der Waals surface area contributed by atoms with Gasteiger partial charge in [0, 0.05) is 12.8 Å². The molecule has 0 bridgehead atoms. The molecule has 0 aliphatic carbocycles. The number of esters is 1. The predicted molar refractivity (Wildman–Crippen MR) is 96.2 cm³/mol. The molecule has 24 heavy (non-hydrogen) atoms. The maximum absolute atomic E-state index is 12.7. The van der Waals surface area contributed by atoms with Gasteiger partial charge >= 0.3 is 5.97 Å². The molecule has 3 rings (SSSR count). The molecule has 1 fully saturated rings. The largest absolute Gasteiger partial charge is 0.450 e. The Bertz CT molecular complexity index is 671. The molecule has 2 aromatic carbocycles. The van der Waals surface area contributed by atoms with Gasteiger partial charge in [0.2, 0.25) is 0 Å². The lowest BCUT2D eigenvalue weighted by Crippen LogP contribution is -2.43. The standard InChI is InChI=1S/C21H25NO2/c1-16(2)17-8-10-18(11-9-17)20(23)24-21(12-14-22-15-13-21)19-6-4-3-5-7-19/h3-11,16,22H,12-15H2,1-2H3. The van der Waals surface area contributed by atoms with Crippen LogP contribution in [0.15, 0.2) is 54.6 Å². The molecule has 1 saturated heterocycles. The SMILES string of the molecule is CC(C)c1ccc(C(=O)OC2(c3ccccc3)CCNCC2)cc1. The summed E-state index contributed by atoms with van der Waals surface area (Å²) in [4.78, 5) is 12.7. The first-order valence-corrected chi connectivity index (χ1v) is 8.70. The van der Waals surface area contributed by atoms with Gasteiger partial charge < -0.3 is 10.1 Å². The third-order valence-electron chi connectivity index (χ3n) is 4.81. The molecule has 0 spiro atoms. The van der Waals surface area contributed by atoms with Gasteiger partial charge in [-0.05, 0) is 42.3 Å². The Morgan fingerprint density at radius 1 is 1.00 bits per heavy atom. The van der Waals surface area contributed by atoms with Crippen molar-refractivity contribution in [2.45, 2.75) is 38.2 Å². The van der Waals surface area contributed by atoms with Crippen LogP contribution in [0, 0.1) is 0 Å². The topological polar surface area (TPSA) is 38.3 Å². The summed E-state index contributed by atoms with van der Waals surface area (Å²) in [7, 11) is 0. The zero-order valence-electron chi connectivity index (χ0n) is 14.4. The fourth-order valence-corrected chi connectivity index (χ4v) is 3.26. The van der Waals surface area contributed by atoms with Crippen LogP contribution in [0.4, 0.5) is 0 Å². The minimum Gasteiger partial charge on any atom is -0.450 e. The van der Waals surface area contributed by atoms with Gasteiger partial charge in [-0.25, -0.2) is 4.79 Å². The molecule has 126 valence electrons. The van der Waals surface area contributed by atoms with E-state index in [0.29, 0.717) is 11.5 Å². The van der Waals surface area contributed by atoms with Crippen LogP contribution in [-0.2, 0) is 10.3 Å². The van der Waals surface area contributed by atoms with Gasteiger partial charge in [0.15, 0.2) is 0 Å². The zero-order valence-corrected chi connectivity index (χ0v) is 14.4. The Kier molecular flexibility index (Phi) is 5.00. The fraction of sp³-hybridized carbons (Fsp3) is 0.381. The highest BCUT2D eigenvalue weighted by atomic mass is 16.6. The molecule has 2 aromatic rings. The highest BCUT2D eigenvalue weighted by Gasteiger charge is 2.38. The van der Waals surface area contributed by atoms with Crippen LogP contribution in [0.1, 0.15) is 54.1 Å². The lowest BCUT2D eigenvalue weighted by molar-refractivity contribution is -0.0378. The quantitative estimate of drug-likeness (QED) is 0.855. The molecule has 3 nitrogen and oxygen atoms in total. The van der Waals surface area contributed by atoms with Crippen molar-refractivity contribution in [3.05, 3.63) is 71.3 Å². The van der Waals surface area contributed by atoms with Crippen molar-refractivity contribution in [1.82, 2.24) is 5.32 Å². The predicted octanol–water partition coefficient (Wildman–Crippen LogP) is 4.25. The van der Waals surface area contributed by atoms with Gasteiger partial charge in [0.25, 0.3) is 0 Å². The Morgan fingerprint density at radius 3 is 2.21 bits per heavy atom. The minimum atomic E-state index is -0.527. The van der Waals surface area contributed by atoms with Crippen LogP contribution in [-0.4, -0.2) is 19.1 Å². The first-order chi connectivity index (χ1) is 11.6. The maximum atomic E-state index is 12.7. The van der Waals surface area contributed by atoms with Gasteiger partial charge in [0.05, 0.1) is 5.56 Å². The van der Waals surface area contributed by atoms with E-state index in [1.165, 1.54) is 5.56 Å². The first kappa shape index (κ1) is 16.7. The monoisotopic (exact) mass is 323 g/mol.